The molecule has 1 fully saturated rings. The first-order chi connectivity index (χ1) is 9.77. The Bertz CT molecular complexity index is 360. The van der Waals surface area contributed by atoms with Crippen molar-refractivity contribution >= 4 is 11.8 Å². The van der Waals surface area contributed by atoms with E-state index in [4.69, 9.17) is 0 Å². The summed E-state index contributed by atoms with van der Waals surface area (Å²) in [4.78, 5) is 26.3. The fourth-order valence-electron chi connectivity index (χ4n) is 2.90. The van der Waals surface area contributed by atoms with Gasteiger partial charge < -0.3 is 10.2 Å². The number of nitrogens with one attached hydrogen (secondary N) is 1. The summed E-state index contributed by atoms with van der Waals surface area (Å²) >= 11 is 0. The molecule has 21 heavy (non-hydrogen) atoms. The lowest BCUT2D eigenvalue weighted by Crippen LogP contribution is -2.54. The molecule has 0 radical (unpaired) electrons. The molecule has 1 saturated heterocycles. The van der Waals surface area contributed by atoms with Gasteiger partial charge in [0.05, 0.1) is 0 Å². The number of hydrogen-bond acceptors (Lipinski definition) is 2. The number of nitrogens with zero attached hydrogens (tertiary/aromatic N) is 1. The smallest absolute Gasteiger partial charge is 0.225 e. The van der Waals surface area contributed by atoms with Gasteiger partial charge in [0.15, 0.2) is 0 Å². The van der Waals surface area contributed by atoms with Crippen LogP contribution in [0.25, 0.3) is 0 Å². The van der Waals surface area contributed by atoms with Crippen molar-refractivity contribution < 1.29 is 9.59 Å². The van der Waals surface area contributed by atoms with Crippen molar-refractivity contribution in [2.75, 3.05) is 13.1 Å². The molecule has 0 aromatic rings. The van der Waals surface area contributed by atoms with Crippen LogP contribution in [0.2, 0.25) is 0 Å². The fraction of sp³-hybridized carbons (Fsp3) is 0.882. The van der Waals surface area contributed by atoms with Gasteiger partial charge in [-0.25, -0.2) is 0 Å². The third-order valence-corrected chi connectivity index (χ3v) is 4.07. The molecule has 0 aromatic heterocycles. The summed E-state index contributed by atoms with van der Waals surface area (Å²) in [5.74, 6) is 0.815. The molecule has 0 bridgehead atoms. The van der Waals surface area contributed by atoms with Gasteiger partial charge in [0.2, 0.25) is 11.8 Å². The summed E-state index contributed by atoms with van der Waals surface area (Å²) in [5.41, 5.74) is -0.379. The van der Waals surface area contributed by atoms with Crippen LogP contribution in [0.4, 0.5) is 0 Å². The van der Waals surface area contributed by atoms with Crippen LogP contribution in [0.1, 0.15) is 66.7 Å². The number of amides is 2. The molecule has 1 rings (SSSR count). The fourth-order valence-corrected chi connectivity index (χ4v) is 2.90. The minimum atomic E-state index is -0.379. The molecule has 2 amide bonds. The Morgan fingerprint density at radius 2 is 1.81 bits per heavy atom. The van der Waals surface area contributed by atoms with Crippen LogP contribution in [0.5, 0.6) is 0 Å². The maximum Gasteiger partial charge on any atom is 0.225 e. The number of piperidine rings is 1. The maximum atomic E-state index is 12.2. The standard InChI is InChI=1S/C17H32N2O2/c1-6-8-13-10-14(18-16(21)17(3,4)5)12-19(11-13)15(20)9-7-2/h13-14H,6-12H2,1-5H3,(H,18,21). The summed E-state index contributed by atoms with van der Waals surface area (Å²) < 4.78 is 0. The van der Waals surface area contributed by atoms with Gasteiger partial charge in [-0.1, -0.05) is 41.0 Å². The normalized spacial score (nSPS) is 23.0. The number of rotatable bonds is 5. The van der Waals surface area contributed by atoms with E-state index in [0.29, 0.717) is 18.9 Å². The Hall–Kier alpha value is -1.06. The number of carbonyl (C=O) groups is 2. The Labute approximate surface area is 129 Å². The van der Waals surface area contributed by atoms with Crippen molar-refractivity contribution in [2.24, 2.45) is 11.3 Å². The largest absolute Gasteiger partial charge is 0.351 e. The lowest BCUT2D eigenvalue weighted by molar-refractivity contribution is -0.136. The maximum absolute atomic E-state index is 12.2. The first kappa shape index (κ1) is 18.0. The van der Waals surface area contributed by atoms with E-state index in [1.165, 1.54) is 0 Å². The number of hydrogen-bond donors (Lipinski definition) is 1. The predicted molar refractivity (Wildman–Crippen MR) is 85.9 cm³/mol. The average Bonchev–Trinajstić information content (AvgIpc) is 2.38. The zero-order valence-corrected chi connectivity index (χ0v) is 14.4. The first-order valence-electron chi connectivity index (χ1n) is 8.36. The Kier molecular flexibility index (Phi) is 6.69. The molecule has 1 heterocycles. The van der Waals surface area contributed by atoms with Crippen LogP contribution >= 0.6 is 0 Å². The van der Waals surface area contributed by atoms with Gasteiger partial charge in [0, 0.05) is 31.0 Å². The average molecular weight is 296 g/mol. The van der Waals surface area contributed by atoms with E-state index in [-0.39, 0.29) is 23.3 Å². The molecule has 4 heteroatoms. The van der Waals surface area contributed by atoms with E-state index in [0.717, 1.165) is 32.2 Å². The molecular weight excluding hydrogens is 264 g/mol. The Morgan fingerprint density at radius 1 is 1.14 bits per heavy atom. The van der Waals surface area contributed by atoms with Crippen LogP contribution in [-0.4, -0.2) is 35.8 Å². The van der Waals surface area contributed by atoms with E-state index >= 15 is 0 Å². The molecule has 1 N–H and O–H groups in total. The zero-order valence-electron chi connectivity index (χ0n) is 14.4. The molecule has 0 aliphatic carbocycles. The quantitative estimate of drug-likeness (QED) is 0.848. The molecule has 1 aliphatic heterocycles. The lowest BCUT2D eigenvalue weighted by atomic mass is 9.89. The molecule has 1 aliphatic rings. The van der Waals surface area contributed by atoms with Crippen LogP contribution < -0.4 is 5.32 Å². The summed E-state index contributed by atoms with van der Waals surface area (Å²) in [5, 5.41) is 3.14. The second kappa shape index (κ2) is 7.81. The SMILES string of the molecule is CCCC(=O)N1CC(CCC)CC(NC(=O)C(C)(C)C)C1. The van der Waals surface area contributed by atoms with Crippen molar-refractivity contribution in [3.8, 4) is 0 Å². The van der Waals surface area contributed by atoms with Crippen LogP contribution in [0.3, 0.4) is 0 Å². The molecule has 0 aromatic carbocycles. The Morgan fingerprint density at radius 3 is 2.33 bits per heavy atom. The van der Waals surface area contributed by atoms with Gasteiger partial charge >= 0.3 is 0 Å². The molecular formula is C17H32N2O2. The monoisotopic (exact) mass is 296 g/mol. The third kappa shape index (κ3) is 5.68. The summed E-state index contributed by atoms with van der Waals surface area (Å²) in [6, 6.07) is 0.0998. The summed E-state index contributed by atoms with van der Waals surface area (Å²) in [6.07, 6.45) is 4.73. The van der Waals surface area contributed by atoms with Crippen molar-refractivity contribution in [1.29, 1.82) is 0 Å². The highest BCUT2D eigenvalue weighted by atomic mass is 16.2. The molecule has 2 unspecified atom stereocenters. The Balaban J connectivity index is 2.70. The second-order valence-corrected chi connectivity index (χ2v) is 7.36. The first-order valence-corrected chi connectivity index (χ1v) is 8.36. The van der Waals surface area contributed by atoms with Crippen molar-refractivity contribution in [3.05, 3.63) is 0 Å². The zero-order chi connectivity index (χ0) is 16.0. The highest BCUT2D eigenvalue weighted by molar-refractivity contribution is 5.82. The van der Waals surface area contributed by atoms with Gasteiger partial charge in [-0.3, -0.25) is 9.59 Å². The summed E-state index contributed by atoms with van der Waals surface area (Å²) in [6.45, 7) is 11.5. The molecule has 2 atom stereocenters. The van der Waals surface area contributed by atoms with E-state index in [2.05, 4.69) is 12.2 Å². The van der Waals surface area contributed by atoms with E-state index in [1.807, 2.05) is 32.6 Å². The van der Waals surface area contributed by atoms with E-state index < -0.39 is 0 Å². The topological polar surface area (TPSA) is 49.4 Å². The van der Waals surface area contributed by atoms with Crippen LogP contribution in [0, 0.1) is 11.3 Å². The van der Waals surface area contributed by atoms with Gasteiger partial charge in [0.1, 0.15) is 0 Å². The molecule has 122 valence electrons. The molecule has 0 saturated carbocycles. The van der Waals surface area contributed by atoms with E-state index in [9.17, 15) is 9.59 Å². The van der Waals surface area contributed by atoms with Crippen molar-refractivity contribution in [1.82, 2.24) is 10.2 Å². The summed E-state index contributed by atoms with van der Waals surface area (Å²) in [7, 11) is 0. The molecule has 0 spiro atoms. The second-order valence-electron chi connectivity index (χ2n) is 7.36. The minimum absolute atomic E-state index is 0.0764. The minimum Gasteiger partial charge on any atom is -0.351 e. The van der Waals surface area contributed by atoms with Crippen molar-refractivity contribution in [2.45, 2.75) is 72.8 Å². The van der Waals surface area contributed by atoms with Crippen LogP contribution in [-0.2, 0) is 9.59 Å². The van der Waals surface area contributed by atoms with Crippen molar-refractivity contribution in [3.63, 3.8) is 0 Å². The predicted octanol–water partition coefficient (Wildman–Crippen LogP) is 2.97. The van der Waals surface area contributed by atoms with Crippen LogP contribution in [0.15, 0.2) is 0 Å². The van der Waals surface area contributed by atoms with E-state index in [1.54, 1.807) is 0 Å². The number of carbonyl (C=O) groups excluding carboxylic acids is 2. The molecule has 4 nitrogen and oxygen atoms in total. The highest BCUT2D eigenvalue weighted by Crippen LogP contribution is 2.23. The third-order valence-electron chi connectivity index (χ3n) is 4.07. The van der Waals surface area contributed by atoms with Gasteiger partial charge in [0.25, 0.3) is 0 Å². The van der Waals surface area contributed by atoms with Gasteiger partial charge in [-0.15, -0.1) is 0 Å². The van der Waals surface area contributed by atoms with Gasteiger partial charge in [-0.2, -0.15) is 0 Å². The number of likely N-dealkylation sites (tertiary alicyclic amines) is 1. The highest BCUT2D eigenvalue weighted by Gasteiger charge is 2.32. The lowest BCUT2D eigenvalue weighted by Gasteiger charge is -2.39. The van der Waals surface area contributed by atoms with Gasteiger partial charge in [-0.05, 0) is 25.2 Å².